The SMILES string of the molecule is C[S+](C)C(Br)C(=O)c1ccc(Cl)cc1. The Morgan fingerprint density at radius 1 is 1.36 bits per heavy atom. The Morgan fingerprint density at radius 2 is 1.86 bits per heavy atom. The monoisotopic (exact) mass is 293 g/mol. The molecule has 1 aromatic rings. The van der Waals surface area contributed by atoms with E-state index in [-0.39, 0.29) is 20.8 Å². The standard InChI is InChI=1S/C10H11BrClOS/c1-14(2)10(11)9(13)7-3-5-8(12)6-4-7/h3-6,10H,1-2H3/q+1. The highest BCUT2D eigenvalue weighted by Gasteiger charge is 2.27. The fourth-order valence-corrected chi connectivity index (χ4v) is 1.91. The van der Waals surface area contributed by atoms with Gasteiger partial charge in [-0.2, -0.15) is 0 Å². The Hall–Kier alpha value is 0.01000. The smallest absolute Gasteiger partial charge is 0.233 e. The lowest BCUT2D eigenvalue weighted by atomic mass is 10.1. The zero-order chi connectivity index (χ0) is 10.7. The highest BCUT2D eigenvalue weighted by Crippen LogP contribution is 2.17. The second kappa shape index (κ2) is 5.19. The molecule has 1 rings (SSSR count). The minimum atomic E-state index is -0.0938. The van der Waals surface area contributed by atoms with E-state index < -0.39 is 0 Å². The molecule has 1 unspecified atom stereocenters. The van der Waals surface area contributed by atoms with Gasteiger partial charge in [0.05, 0.1) is 12.5 Å². The van der Waals surface area contributed by atoms with Crippen LogP contribution in [0, 0.1) is 0 Å². The second-order valence-corrected chi connectivity index (χ2v) is 7.26. The highest BCUT2D eigenvalue weighted by molar-refractivity contribution is 9.11. The lowest BCUT2D eigenvalue weighted by Gasteiger charge is -2.05. The summed E-state index contributed by atoms with van der Waals surface area (Å²) in [6.07, 6.45) is 4.07. The molecule has 0 aliphatic carbocycles. The molecule has 0 aliphatic heterocycles. The van der Waals surface area contributed by atoms with E-state index in [0.717, 1.165) is 0 Å². The quantitative estimate of drug-likeness (QED) is 0.475. The van der Waals surface area contributed by atoms with E-state index in [2.05, 4.69) is 15.9 Å². The van der Waals surface area contributed by atoms with Gasteiger partial charge in [0, 0.05) is 21.5 Å². The van der Waals surface area contributed by atoms with Gasteiger partial charge in [-0.25, -0.2) is 0 Å². The molecule has 0 spiro atoms. The molecule has 0 aliphatic rings. The number of halogens is 2. The first-order valence-corrected chi connectivity index (χ1v) is 7.42. The molecule has 14 heavy (non-hydrogen) atoms. The Balaban J connectivity index is 2.84. The van der Waals surface area contributed by atoms with Crippen LogP contribution in [0.15, 0.2) is 24.3 Å². The molecule has 0 fully saturated rings. The zero-order valence-corrected chi connectivity index (χ0v) is 11.1. The number of hydrogen-bond donors (Lipinski definition) is 0. The van der Waals surface area contributed by atoms with Crippen molar-refractivity contribution < 1.29 is 4.79 Å². The van der Waals surface area contributed by atoms with Crippen molar-refractivity contribution in [3.05, 3.63) is 34.9 Å². The van der Waals surface area contributed by atoms with E-state index in [1.54, 1.807) is 24.3 Å². The second-order valence-electron chi connectivity index (χ2n) is 3.07. The van der Waals surface area contributed by atoms with E-state index in [0.29, 0.717) is 10.6 Å². The van der Waals surface area contributed by atoms with Crippen LogP contribution < -0.4 is 0 Å². The molecule has 0 saturated heterocycles. The van der Waals surface area contributed by atoms with Crippen molar-refractivity contribution in [1.82, 2.24) is 0 Å². The average molecular weight is 295 g/mol. The minimum Gasteiger partial charge on any atom is -0.287 e. The first-order valence-electron chi connectivity index (χ1n) is 4.02. The van der Waals surface area contributed by atoms with Gasteiger partial charge in [-0.15, -0.1) is 0 Å². The van der Waals surface area contributed by atoms with Crippen LogP contribution in [0.2, 0.25) is 5.02 Å². The molecule has 0 saturated carbocycles. The Bertz CT molecular complexity index is 323. The lowest BCUT2D eigenvalue weighted by molar-refractivity contribution is 0.101. The predicted molar refractivity (Wildman–Crippen MR) is 67.7 cm³/mol. The van der Waals surface area contributed by atoms with Crippen molar-refractivity contribution in [2.24, 2.45) is 0 Å². The van der Waals surface area contributed by atoms with Crippen LogP contribution in [0.4, 0.5) is 0 Å². The summed E-state index contributed by atoms with van der Waals surface area (Å²) in [4.78, 5) is 11.8. The fourth-order valence-electron chi connectivity index (χ4n) is 0.959. The van der Waals surface area contributed by atoms with Gasteiger partial charge >= 0.3 is 0 Å². The third-order valence-electron chi connectivity index (χ3n) is 1.75. The van der Waals surface area contributed by atoms with Crippen LogP contribution in [0.1, 0.15) is 10.4 Å². The Morgan fingerprint density at radius 3 is 2.29 bits per heavy atom. The summed E-state index contributed by atoms with van der Waals surface area (Å²) in [6, 6.07) is 6.98. The summed E-state index contributed by atoms with van der Waals surface area (Å²) in [5, 5.41) is 0.652. The molecule has 0 bridgehead atoms. The number of ketones is 1. The maximum atomic E-state index is 11.8. The predicted octanol–water partition coefficient (Wildman–Crippen LogP) is 3.12. The Kier molecular flexibility index (Phi) is 4.48. The molecular weight excluding hydrogens is 284 g/mol. The fraction of sp³-hybridized carbons (Fsp3) is 0.300. The molecule has 0 heterocycles. The molecule has 0 N–H and O–H groups in total. The number of Topliss-reactive ketones (excluding diaryl/α,β-unsaturated/α-hetero) is 1. The van der Waals surface area contributed by atoms with Crippen LogP contribution in [0.5, 0.6) is 0 Å². The summed E-state index contributed by atoms with van der Waals surface area (Å²) in [5.74, 6) is 0.120. The zero-order valence-electron chi connectivity index (χ0n) is 7.96. The van der Waals surface area contributed by atoms with E-state index >= 15 is 0 Å². The normalized spacial score (nSPS) is 12.9. The van der Waals surface area contributed by atoms with Crippen molar-refractivity contribution in [2.45, 2.75) is 4.16 Å². The van der Waals surface area contributed by atoms with Crippen LogP contribution in [-0.2, 0) is 10.9 Å². The molecular formula is C10H11BrClOS+. The summed E-state index contributed by atoms with van der Waals surface area (Å²) in [5.41, 5.74) is 0.706. The summed E-state index contributed by atoms with van der Waals surface area (Å²) in [7, 11) is 0.0379. The van der Waals surface area contributed by atoms with Gasteiger partial charge in [0.2, 0.25) is 9.94 Å². The van der Waals surface area contributed by atoms with E-state index in [9.17, 15) is 4.79 Å². The largest absolute Gasteiger partial charge is 0.287 e. The van der Waals surface area contributed by atoms with Gasteiger partial charge < -0.3 is 0 Å². The molecule has 1 atom stereocenters. The van der Waals surface area contributed by atoms with Crippen LogP contribution in [0.25, 0.3) is 0 Å². The topological polar surface area (TPSA) is 17.1 Å². The first kappa shape index (κ1) is 12.1. The molecule has 1 nitrogen and oxygen atoms in total. The van der Waals surface area contributed by atoms with Crippen molar-refractivity contribution in [1.29, 1.82) is 0 Å². The number of carbonyl (C=O) groups is 1. The van der Waals surface area contributed by atoms with E-state index in [1.807, 2.05) is 12.5 Å². The van der Waals surface area contributed by atoms with Crippen LogP contribution >= 0.6 is 27.5 Å². The minimum absolute atomic E-state index is 0.0379. The van der Waals surface area contributed by atoms with Gasteiger partial charge in [0.15, 0.2) is 0 Å². The van der Waals surface area contributed by atoms with Gasteiger partial charge in [-0.1, -0.05) is 11.6 Å². The van der Waals surface area contributed by atoms with Crippen molar-refractivity contribution in [3.63, 3.8) is 0 Å². The number of rotatable bonds is 3. The third-order valence-corrected chi connectivity index (χ3v) is 5.70. The van der Waals surface area contributed by atoms with Crippen LogP contribution in [-0.4, -0.2) is 22.5 Å². The molecule has 4 heteroatoms. The van der Waals surface area contributed by atoms with Crippen molar-refractivity contribution >= 4 is 44.2 Å². The van der Waals surface area contributed by atoms with Gasteiger partial charge in [-0.05, 0) is 40.2 Å². The van der Waals surface area contributed by atoms with Gasteiger partial charge in [0.1, 0.15) is 0 Å². The summed E-state index contributed by atoms with van der Waals surface area (Å²) >= 11 is 9.13. The highest BCUT2D eigenvalue weighted by atomic mass is 79.9. The van der Waals surface area contributed by atoms with Crippen LogP contribution in [0.3, 0.4) is 0 Å². The van der Waals surface area contributed by atoms with Gasteiger partial charge in [0.25, 0.3) is 0 Å². The maximum absolute atomic E-state index is 11.8. The lowest BCUT2D eigenvalue weighted by Crippen LogP contribution is -2.22. The van der Waals surface area contributed by atoms with Crippen molar-refractivity contribution in [2.75, 3.05) is 12.5 Å². The number of carbonyl (C=O) groups excluding carboxylic acids is 1. The molecule has 0 radical (unpaired) electrons. The summed E-state index contributed by atoms with van der Waals surface area (Å²) in [6.45, 7) is 0. The molecule has 76 valence electrons. The maximum Gasteiger partial charge on any atom is 0.233 e. The number of alkyl halides is 1. The molecule has 0 aromatic heterocycles. The Labute approximate surface area is 100 Å². The first-order chi connectivity index (χ1) is 6.52. The number of hydrogen-bond acceptors (Lipinski definition) is 1. The number of benzene rings is 1. The molecule has 1 aromatic carbocycles. The molecule has 0 amide bonds. The summed E-state index contributed by atoms with van der Waals surface area (Å²) < 4.78 is -0.0938. The van der Waals surface area contributed by atoms with E-state index in [1.165, 1.54) is 0 Å². The average Bonchev–Trinajstić information content (AvgIpc) is 2.16. The third kappa shape index (κ3) is 3.01. The van der Waals surface area contributed by atoms with E-state index in [4.69, 9.17) is 11.6 Å². The van der Waals surface area contributed by atoms with Crippen molar-refractivity contribution in [3.8, 4) is 0 Å². The van der Waals surface area contributed by atoms with Gasteiger partial charge in [-0.3, -0.25) is 4.79 Å².